The number of hydrogen-bond donors (Lipinski definition) is 0. The van der Waals surface area contributed by atoms with Gasteiger partial charge in [-0.3, -0.25) is 29.5 Å². The summed E-state index contributed by atoms with van der Waals surface area (Å²) in [5, 5.41) is 10.7. The first-order valence-electron chi connectivity index (χ1n) is 10.9. The van der Waals surface area contributed by atoms with E-state index in [0.717, 1.165) is 38.9 Å². The van der Waals surface area contributed by atoms with Crippen LogP contribution in [-0.2, 0) is 16.1 Å². The fraction of sp³-hybridized carbons (Fsp3) is 0.360. The summed E-state index contributed by atoms with van der Waals surface area (Å²) in [6.07, 6.45) is 5.57. The number of nitrogens with zero attached hydrogens (tertiary/aromatic N) is 3. The van der Waals surface area contributed by atoms with Gasteiger partial charge < -0.3 is 0 Å². The van der Waals surface area contributed by atoms with Crippen molar-refractivity contribution in [2.24, 2.45) is 0 Å². The van der Waals surface area contributed by atoms with Crippen molar-refractivity contribution in [3.63, 3.8) is 0 Å². The molecule has 32 heavy (non-hydrogen) atoms. The summed E-state index contributed by atoms with van der Waals surface area (Å²) in [5.41, 5.74) is 1.94. The Hall–Kier alpha value is -3.32. The summed E-state index contributed by atoms with van der Waals surface area (Å²) < 4.78 is 0. The molecule has 7 nitrogen and oxygen atoms in total. The van der Waals surface area contributed by atoms with Crippen molar-refractivity contribution >= 4 is 23.6 Å². The fourth-order valence-corrected chi connectivity index (χ4v) is 3.36. The standard InChI is InChI=1S/C25H31N3O4/c1-3-26(20-23-10-6-4-7-11-23)18-8-5-9-19-27(21(2)29)25(30)17-14-22-12-15-24(16-13-22)28(31)32/h4,6-7,10-17H,3,5,8-9,18-20H2,1-2H3/b17-14+. The summed E-state index contributed by atoms with van der Waals surface area (Å²) in [7, 11) is 0. The van der Waals surface area contributed by atoms with E-state index in [1.165, 1.54) is 35.6 Å². The van der Waals surface area contributed by atoms with Gasteiger partial charge in [0.05, 0.1) is 4.92 Å². The van der Waals surface area contributed by atoms with Crippen LogP contribution in [0.4, 0.5) is 5.69 Å². The number of nitro benzene ring substituents is 1. The topological polar surface area (TPSA) is 83.8 Å². The monoisotopic (exact) mass is 437 g/mol. The lowest BCUT2D eigenvalue weighted by Crippen LogP contribution is -2.34. The third-order valence-corrected chi connectivity index (χ3v) is 5.22. The molecule has 0 aliphatic rings. The lowest BCUT2D eigenvalue weighted by atomic mass is 10.1. The van der Waals surface area contributed by atoms with Gasteiger partial charge in [-0.05, 0) is 55.3 Å². The van der Waals surface area contributed by atoms with E-state index in [1.54, 1.807) is 18.2 Å². The van der Waals surface area contributed by atoms with Crippen molar-refractivity contribution in [2.45, 2.75) is 39.7 Å². The molecule has 0 saturated heterocycles. The molecule has 0 aliphatic heterocycles. The third kappa shape index (κ3) is 8.43. The molecule has 0 unspecified atom stereocenters. The minimum atomic E-state index is -0.475. The molecule has 0 N–H and O–H groups in total. The van der Waals surface area contributed by atoms with E-state index in [-0.39, 0.29) is 17.5 Å². The van der Waals surface area contributed by atoms with Crippen LogP contribution in [0.5, 0.6) is 0 Å². The average Bonchev–Trinajstić information content (AvgIpc) is 2.79. The first-order chi connectivity index (χ1) is 15.4. The lowest BCUT2D eigenvalue weighted by molar-refractivity contribution is -0.384. The predicted octanol–water partition coefficient (Wildman–Crippen LogP) is 4.68. The number of carbonyl (C=O) groups excluding carboxylic acids is 2. The Morgan fingerprint density at radius 2 is 1.62 bits per heavy atom. The molecule has 0 fully saturated rings. The second kappa shape index (κ2) is 13.2. The number of rotatable bonds is 12. The average molecular weight is 438 g/mol. The summed E-state index contributed by atoms with van der Waals surface area (Å²) in [6, 6.07) is 16.3. The number of imide groups is 1. The summed E-state index contributed by atoms with van der Waals surface area (Å²) in [5.74, 6) is -0.669. The SMILES string of the molecule is CCN(CCCCCN(C(C)=O)C(=O)/C=C/c1ccc([N+](=O)[O-])cc1)Cc1ccccc1. The van der Waals surface area contributed by atoms with Crippen LogP contribution < -0.4 is 0 Å². The van der Waals surface area contributed by atoms with Crippen molar-refractivity contribution in [2.75, 3.05) is 19.6 Å². The van der Waals surface area contributed by atoms with Crippen LogP contribution in [0.3, 0.4) is 0 Å². The molecule has 0 heterocycles. The van der Waals surface area contributed by atoms with Crippen molar-refractivity contribution < 1.29 is 14.5 Å². The van der Waals surface area contributed by atoms with Crippen LogP contribution in [0.1, 0.15) is 44.2 Å². The molecule has 0 spiro atoms. The molecule has 170 valence electrons. The molecule has 2 rings (SSSR count). The number of nitro groups is 1. The highest BCUT2D eigenvalue weighted by atomic mass is 16.6. The van der Waals surface area contributed by atoms with E-state index in [9.17, 15) is 19.7 Å². The zero-order chi connectivity index (χ0) is 23.3. The minimum absolute atomic E-state index is 0.00996. The van der Waals surface area contributed by atoms with Gasteiger partial charge in [-0.2, -0.15) is 0 Å². The van der Waals surface area contributed by atoms with E-state index in [2.05, 4.69) is 24.0 Å². The highest BCUT2D eigenvalue weighted by Crippen LogP contribution is 2.13. The number of carbonyl (C=O) groups is 2. The fourth-order valence-electron chi connectivity index (χ4n) is 3.36. The Morgan fingerprint density at radius 1 is 0.969 bits per heavy atom. The van der Waals surface area contributed by atoms with Crippen molar-refractivity contribution in [3.05, 3.63) is 81.9 Å². The highest BCUT2D eigenvalue weighted by molar-refractivity contribution is 6.02. The summed E-state index contributed by atoms with van der Waals surface area (Å²) >= 11 is 0. The summed E-state index contributed by atoms with van der Waals surface area (Å²) in [6.45, 7) is 6.78. The Bertz CT molecular complexity index is 911. The van der Waals surface area contributed by atoms with E-state index >= 15 is 0 Å². The van der Waals surface area contributed by atoms with E-state index in [1.807, 2.05) is 18.2 Å². The largest absolute Gasteiger partial charge is 0.299 e. The van der Waals surface area contributed by atoms with Gasteiger partial charge in [-0.15, -0.1) is 0 Å². The molecule has 0 saturated carbocycles. The zero-order valence-corrected chi connectivity index (χ0v) is 18.8. The van der Waals surface area contributed by atoms with Gasteiger partial charge in [-0.25, -0.2) is 0 Å². The molecular weight excluding hydrogens is 406 g/mol. The second-order valence-electron chi connectivity index (χ2n) is 7.61. The van der Waals surface area contributed by atoms with Crippen LogP contribution in [-0.4, -0.2) is 46.2 Å². The van der Waals surface area contributed by atoms with Gasteiger partial charge >= 0.3 is 0 Å². The normalized spacial score (nSPS) is 11.1. The lowest BCUT2D eigenvalue weighted by Gasteiger charge is -2.21. The van der Waals surface area contributed by atoms with E-state index in [4.69, 9.17) is 0 Å². The first-order valence-corrected chi connectivity index (χ1v) is 10.9. The molecule has 0 aromatic heterocycles. The first kappa shape index (κ1) is 24.9. The number of non-ortho nitro benzene ring substituents is 1. The van der Waals surface area contributed by atoms with Gasteiger partial charge in [0.2, 0.25) is 5.91 Å². The van der Waals surface area contributed by atoms with Crippen LogP contribution in [0.15, 0.2) is 60.7 Å². The number of benzene rings is 2. The van der Waals surface area contributed by atoms with Gasteiger partial charge in [-0.1, -0.05) is 43.7 Å². The molecule has 2 aromatic carbocycles. The molecule has 0 aliphatic carbocycles. The maximum Gasteiger partial charge on any atom is 0.269 e. The van der Waals surface area contributed by atoms with Crippen molar-refractivity contribution in [1.82, 2.24) is 9.80 Å². The molecule has 0 bridgehead atoms. The quantitative estimate of drug-likeness (QED) is 0.208. The Kier molecular flexibility index (Phi) is 10.3. The molecule has 7 heteroatoms. The molecule has 0 atom stereocenters. The third-order valence-electron chi connectivity index (χ3n) is 5.22. The van der Waals surface area contributed by atoms with Crippen LogP contribution in [0, 0.1) is 10.1 Å². The highest BCUT2D eigenvalue weighted by Gasteiger charge is 2.15. The maximum absolute atomic E-state index is 12.5. The van der Waals surface area contributed by atoms with E-state index < -0.39 is 4.92 Å². The molecule has 2 amide bonds. The van der Waals surface area contributed by atoms with Crippen molar-refractivity contribution in [3.8, 4) is 0 Å². The Morgan fingerprint density at radius 3 is 2.22 bits per heavy atom. The molecule has 2 aromatic rings. The maximum atomic E-state index is 12.5. The minimum Gasteiger partial charge on any atom is -0.299 e. The number of unbranched alkanes of at least 4 members (excludes halogenated alkanes) is 2. The van der Waals surface area contributed by atoms with Gasteiger partial charge in [0.1, 0.15) is 0 Å². The number of hydrogen-bond acceptors (Lipinski definition) is 5. The predicted molar refractivity (Wildman–Crippen MR) is 126 cm³/mol. The van der Waals surface area contributed by atoms with Crippen molar-refractivity contribution in [1.29, 1.82) is 0 Å². The summed E-state index contributed by atoms with van der Waals surface area (Å²) in [4.78, 5) is 38.2. The van der Waals surface area contributed by atoms with Crippen LogP contribution >= 0.6 is 0 Å². The number of amides is 2. The second-order valence-corrected chi connectivity index (χ2v) is 7.61. The zero-order valence-electron chi connectivity index (χ0n) is 18.8. The molecular formula is C25H31N3O4. The smallest absolute Gasteiger partial charge is 0.269 e. The van der Waals surface area contributed by atoms with Gasteiger partial charge in [0.25, 0.3) is 11.6 Å². The molecule has 0 radical (unpaired) electrons. The van der Waals surface area contributed by atoms with Crippen LogP contribution in [0.2, 0.25) is 0 Å². The van der Waals surface area contributed by atoms with E-state index in [0.29, 0.717) is 12.1 Å². The van der Waals surface area contributed by atoms with Crippen LogP contribution in [0.25, 0.3) is 6.08 Å². The Labute approximate surface area is 189 Å². The van der Waals surface area contributed by atoms with Gasteiger partial charge in [0, 0.05) is 38.2 Å². The van der Waals surface area contributed by atoms with Gasteiger partial charge in [0.15, 0.2) is 0 Å². The Balaban J connectivity index is 1.78.